The van der Waals surface area contributed by atoms with Crippen LogP contribution in [0.2, 0.25) is 0 Å². The van der Waals surface area contributed by atoms with E-state index in [-0.39, 0.29) is 5.91 Å². The van der Waals surface area contributed by atoms with E-state index in [0.717, 1.165) is 23.1 Å². The molecule has 7 heteroatoms. The second kappa shape index (κ2) is 8.53. The Kier molecular flexibility index (Phi) is 6.41. The number of carbonyl (C=O) groups excluding carboxylic acids is 1. The molecule has 0 unspecified atom stereocenters. The van der Waals surface area contributed by atoms with Crippen LogP contribution < -0.4 is 15.4 Å². The number of anilines is 2. The van der Waals surface area contributed by atoms with Crippen LogP contribution in [0, 0.1) is 6.92 Å². The molecule has 0 atom stereocenters. The second-order valence-corrected chi connectivity index (χ2v) is 7.59. The maximum Gasteiger partial charge on any atom is 0.229 e. The first-order chi connectivity index (χ1) is 11.8. The molecule has 6 nitrogen and oxygen atoms in total. The molecule has 134 valence electrons. The summed E-state index contributed by atoms with van der Waals surface area (Å²) in [6.07, 6.45) is 1.48. The number of nitrogens with one attached hydrogen (secondary N) is 3. The standard InChI is InChI=1S/C18H23N3O3S/c1-14-5-3-4-6-17(14)19-12-11-18(22)20-13-15-7-9-16(10-8-15)21-25(2,23)24/h3-10,19,21H,11-13H2,1-2H3,(H,20,22). The van der Waals surface area contributed by atoms with E-state index in [1.54, 1.807) is 24.3 Å². The average molecular weight is 361 g/mol. The van der Waals surface area contributed by atoms with Crippen molar-refractivity contribution in [2.24, 2.45) is 0 Å². The van der Waals surface area contributed by atoms with Gasteiger partial charge in [-0.15, -0.1) is 0 Å². The summed E-state index contributed by atoms with van der Waals surface area (Å²) < 4.78 is 24.7. The molecule has 0 fully saturated rings. The second-order valence-electron chi connectivity index (χ2n) is 5.84. The van der Waals surface area contributed by atoms with E-state index >= 15 is 0 Å². The molecule has 2 aromatic rings. The quantitative estimate of drug-likeness (QED) is 0.674. The summed E-state index contributed by atoms with van der Waals surface area (Å²) in [7, 11) is -3.28. The first-order valence-electron chi connectivity index (χ1n) is 7.96. The Labute approximate surface area is 148 Å². The Morgan fingerprint density at radius 3 is 2.36 bits per heavy atom. The van der Waals surface area contributed by atoms with Crippen LogP contribution in [0.4, 0.5) is 11.4 Å². The average Bonchev–Trinajstić information content (AvgIpc) is 2.54. The van der Waals surface area contributed by atoms with Crippen molar-refractivity contribution in [2.45, 2.75) is 19.9 Å². The maximum absolute atomic E-state index is 11.9. The normalized spacial score (nSPS) is 11.0. The lowest BCUT2D eigenvalue weighted by atomic mass is 10.2. The Bertz CT molecular complexity index is 818. The minimum Gasteiger partial charge on any atom is -0.384 e. The zero-order chi connectivity index (χ0) is 18.3. The number of benzene rings is 2. The molecule has 0 spiro atoms. The molecule has 0 saturated carbocycles. The summed E-state index contributed by atoms with van der Waals surface area (Å²) in [5.74, 6) is -0.0422. The number of hydrogen-bond acceptors (Lipinski definition) is 4. The van der Waals surface area contributed by atoms with Crippen LogP contribution in [-0.4, -0.2) is 27.1 Å². The Balaban J connectivity index is 1.73. The number of sulfonamides is 1. The highest BCUT2D eigenvalue weighted by Gasteiger charge is 2.04. The number of aryl methyl sites for hydroxylation is 1. The third-order valence-electron chi connectivity index (χ3n) is 3.56. The highest BCUT2D eigenvalue weighted by molar-refractivity contribution is 7.92. The summed E-state index contributed by atoms with van der Waals surface area (Å²) in [6.45, 7) is 2.99. The molecule has 0 aliphatic rings. The maximum atomic E-state index is 11.9. The topological polar surface area (TPSA) is 87.3 Å². The van der Waals surface area contributed by atoms with Crippen molar-refractivity contribution in [2.75, 3.05) is 22.8 Å². The Hall–Kier alpha value is -2.54. The lowest BCUT2D eigenvalue weighted by Gasteiger charge is -2.10. The SMILES string of the molecule is Cc1ccccc1NCCC(=O)NCc1ccc(NS(C)(=O)=O)cc1. The molecular weight excluding hydrogens is 338 g/mol. The van der Waals surface area contributed by atoms with Crippen LogP contribution >= 0.6 is 0 Å². The summed E-state index contributed by atoms with van der Waals surface area (Å²) in [4.78, 5) is 11.9. The lowest BCUT2D eigenvalue weighted by Crippen LogP contribution is -2.25. The van der Waals surface area contributed by atoms with E-state index in [0.29, 0.717) is 25.2 Å². The molecule has 0 aliphatic heterocycles. The Morgan fingerprint density at radius 1 is 1.04 bits per heavy atom. The van der Waals surface area contributed by atoms with Crippen LogP contribution in [0.1, 0.15) is 17.5 Å². The third kappa shape index (κ3) is 6.84. The van der Waals surface area contributed by atoms with Gasteiger partial charge in [0.05, 0.1) is 6.26 Å². The summed E-state index contributed by atoms with van der Waals surface area (Å²) in [5, 5.41) is 6.10. The number of hydrogen-bond donors (Lipinski definition) is 3. The van der Waals surface area contributed by atoms with E-state index in [2.05, 4.69) is 15.4 Å². The van der Waals surface area contributed by atoms with Crippen LogP contribution in [0.3, 0.4) is 0 Å². The zero-order valence-corrected chi connectivity index (χ0v) is 15.2. The van der Waals surface area contributed by atoms with Gasteiger partial charge in [-0.05, 0) is 36.2 Å². The highest BCUT2D eigenvalue weighted by Crippen LogP contribution is 2.13. The molecule has 0 aromatic heterocycles. The van der Waals surface area contributed by atoms with E-state index < -0.39 is 10.0 Å². The molecule has 0 bridgehead atoms. The van der Waals surface area contributed by atoms with Crippen molar-refractivity contribution in [3.63, 3.8) is 0 Å². The van der Waals surface area contributed by atoms with E-state index in [9.17, 15) is 13.2 Å². The van der Waals surface area contributed by atoms with Gasteiger partial charge in [0.25, 0.3) is 0 Å². The number of para-hydroxylation sites is 1. The molecule has 0 radical (unpaired) electrons. The predicted octanol–water partition coefficient (Wildman–Crippen LogP) is 2.48. The minimum atomic E-state index is -3.28. The van der Waals surface area contributed by atoms with Gasteiger partial charge in [0, 0.05) is 30.9 Å². The smallest absolute Gasteiger partial charge is 0.229 e. The number of rotatable bonds is 8. The molecule has 0 saturated heterocycles. The van der Waals surface area contributed by atoms with Crippen LogP contribution in [0.5, 0.6) is 0 Å². The fourth-order valence-electron chi connectivity index (χ4n) is 2.28. The van der Waals surface area contributed by atoms with E-state index in [1.165, 1.54) is 0 Å². The van der Waals surface area contributed by atoms with Crippen LogP contribution in [-0.2, 0) is 21.4 Å². The van der Waals surface area contributed by atoms with Gasteiger partial charge in [-0.2, -0.15) is 0 Å². The number of carbonyl (C=O) groups is 1. The van der Waals surface area contributed by atoms with Crippen LogP contribution in [0.25, 0.3) is 0 Å². The first kappa shape index (κ1) is 18.8. The molecular formula is C18H23N3O3S. The summed E-state index contributed by atoms with van der Waals surface area (Å²) in [5.41, 5.74) is 3.58. The molecule has 3 N–H and O–H groups in total. The lowest BCUT2D eigenvalue weighted by molar-refractivity contribution is -0.121. The van der Waals surface area contributed by atoms with Gasteiger partial charge >= 0.3 is 0 Å². The van der Waals surface area contributed by atoms with Gasteiger partial charge in [-0.1, -0.05) is 30.3 Å². The first-order valence-corrected chi connectivity index (χ1v) is 9.85. The van der Waals surface area contributed by atoms with E-state index in [1.807, 2.05) is 31.2 Å². The third-order valence-corrected chi connectivity index (χ3v) is 4.17. The van der Waals surface area contributed by atoms with Gasteiger partial charge in [-0.25, -0.2) is 8.42 Å². The van der Waals surface area contributed by atoms with Crippen molar-refractivity contribution in [1.82, 2.24) is 5.32 Å². The molecule has 25 heavy (non-hydrogen) atoms. The van der Waals surface area contributed by atoms with Crippen molar-refractivity contribution < 1.29 is 13.2 Å². The van der Waals surface area contributed by atoms with Gasteiger partial charge in [0.1, 0.15) is 0 Å². The summed E-state index contributed by atoms with van der Waals surface area (Å²) in [6, 6.07) is 14.8. The van der Waals surface area contributed by atoms with E-state index in [4.69, 9.17) is 0 Å². The fourth-order valence-corrected chi connectivity index (χ4v) is 2.84. The summed E-state index contributed by atoms with van der Waals surface area (Å²) >= 11 is 0. The molecule has 0 aliphatic carbocycles. The molecule has 0 heterocycles. The largest absolute Gasteiger partial charge is 0.384 e. The number of amides is 1. The van der Waals surface area contributed by atoms with Crippen molar-refractivity contribution in [3.8, 4) is 0 Å². The molecule has 2 aromatic carbocycles. The minimum absolute atomic E-state index is 0.0422. The van der Waals surface area contributed by atoms with Gasteiger partial charge in [0.15, 0.2) is 0 Å². The van der Waals surface area contributed by atoms with Gasteiger partial charge in [0.2, 0.25) is 15.9 Å². The molecule has 1 amide bonds. The Morgan fingerprint density at radius 2 is 1.72 bits per heavy atom. The molecule has 2 rings (SSSR count). The van der Waals surface area contributed by atoms with Crippen molar-refractivity contribution in [3.05, 3.63) is 59.7 Å². The fraction of sp³-hybridized carbons (Fsp3) is 0.278. The van der Waals surface area contributed by atoms with Crippen molar-refractivity contribution >= 4 is 27.3 Å². The van der Waals surface area contributed by atoms with Gasteiger partial charge in [-0.3, -0.25) is 9.52 Å². The predicted molar refractivity (Wildman–Crippen MR) is 101 cm³/mol. The van der Waals surface area contributed by atoms with Crippen molar-refractivity contribution in [1.29, 1.82) is 0 Å². The highest BCUT2D eigenvalue weighted by atomic mass is 32.2. The van der Waals surface area contributed by atoms with Gasteiger partial charge < -0.3 is 10.6 Å². The van der Waals surface area contributed by atoms with Crippen LogP contribution in [0.15, 0.2) is 48.5 Å². The zero-order valence-electron chi connectivity index (χ0n) is 14.4. The monoisotopic (exact) mass is 361 g/mol.